The van der Waals surface area contributed by atoms with Crippen LogP contribution in [0.25, 0.3) is 0 Å². The molecule has 0 spiro atoms. The topological polar surface area (TPSA) is 100 Å². The molecule has 0 unspecified atom stereocenters. The first-order valence-electron chi connectivity index (χ1n) is 4.69. The molecule has 0 saturated carbocycles. The third-order valence-corrected chi connectivity index (χ3v) is 2.04. The quantitative estimate of drug-likeness (QED) is 0.662. The van der Waals surface area contributed by atoms with Crippen LogP contribution in [0.4, 0.5) is 17.1 Å². The molecule has 1 aromatic heterocycles. The molecule has 16 heavy (non-hydrogen) atoms. The van der Waals surface area contributed by atoms with Crippen molar-refractivity contribution in [3.8, 4) is 11.6 Å². The summed E-state index contributed by atoms with van der Waals surface area (Å²) in [6.45, 7) is 0. The number of aromatic nitrogens is 1. The average molecular weight is 216 g/mol. The first kappa shape index (κ1) is 10.1. The number of rotatable bonds is 2. The highest BCUT2D eigenvalue weighted by Gasteiger charge is 2.01. The van der Waals surface area contributed by atoms with Crippen LogP contribution in [0.15, 0.2) is 36.5 Å². The highest BCUT2D eigenvalue weighted by molar-refractivity contribution is 5.65. The van der Waals surface area contributed by atoms with Crippen molar-refractivity contribution in [3.63, 3.8) is 0 Å². The van der Waals surface area contributed by atoms with E-state index >= 15 is 0 Å². The fourth-order valence-corrected chi connectivity index (χ4v) is 1.19. The first-order valence-corrected chi connectivity index (χ1v) is 4.69. The number of nitrogen functional groups attached to an aromatic ring is 3. The van der Waals surface area contributed by atoms with Gasteiger partial charge in [0.05, 0.1) is 23.3 Å². The van der Waals surface area contributed by atoms with Crippen molar-refractivity contribution in [1.82, 2.24) is 4.98 Å². The van der Waals surface area contributed by atoms with Crippen LogP contribution < -0.4 is 21.9 Å². The minimum Gasteiger partial charge on any atom is -0.439 e. The monoisotopic (exact) mass is 216 g/mol. The lowest BCUT2D eigenvalue weighted by Crippen LogP contribution is -1.95. The van der Waals surface area contributed by atoms with Gasteiger partial charge in [-0.2, -0.15) is 0 Å². The zero-order valence-electron chi connectivity index (χ0n) is 8.55. The molecule has 6 N–H and O–H groups in total. The van der Waals surface area contributed by atoms with Gasteiger partial charge in [-0.1, -0.05) is 0 Å². The molecule has 0 aliphatic rings. The van der Waals surface area contributed by atoms with Crippen molar-refractivity contribution in [2.24, 2.45) is 0 Å². The number of hydrogen-bond acceptors (Lipinski definition) is 5. The van der Waals surface area contributed by atoms with Gasteiger partial charge in [-0.15, -0.1) is 0 Å². The van der Waals surface area contributed by atoms with Gasteiger partial charge < -0.3 is 21.9 Å². The molecular weight excluding hydrogens is 204 g/mol. The van der Waals surface area contributed by atoms with E-state index < -0.39 is 0 Å². The van der Waals surface area contributed by atoms with E-state index in [1.54, 1.807) is 30.3 Å². The molecule has 0 aliphatic heterocycles. The second-order valence-corrected chi connectivity index (χ2v) is 3.32. The lowest BCUT2D eigenvalue weighted by atomic mass is 10.2. The van der Waals surface area contributed by atoms with E-state index in [9.17, 15) is 0 Å². The lowest BCUT2D eigenvalue weighted by Gasteiger charge is -2.06. The molecular formula is C11H12N4O. The van der Waals surface area contributed by atoms with Crippen LogP contribution in [-0.4, -0.2) is 4.98 Å². The number of benzene rings is 1. The minimum atomic E-state index is 0.457. The number of nitrogens with two attached hydrogens (primary N) is 3. The molecule has 0 aliphatic carbocycles. The van der Waals surface area contributed by atoms with Crippen molar-refractivity contribution in [2.75, 3.05) is 17.2 Å². The minimum absolute atomic E-state index is 0.457. The van der Waals surface area contributed by atoms with Gasteiger partial charge in [0.15, 0.2) is 0 Å². The fraction of sp³-hybridized carbons (Fsp3) is 0. The standard InChI is InChI=1S/C11H12N4O/c12-7-1-4-11(15-6-7)16-8-2-3-9(13)10(14)5-8/h1-6H,12-14H2. The van der Waals surface area contributed by atoms with Crippen molar-refractivity contribution in [1.29, 1.82) is 0 Å². The molecule has 0 bridgehead atoms. The summed E-state index contributed by atoms with van der Waals surface area (Å²) in [6.07, 6.45) is 1.52. The number of ether oxygens (including phenoxy) is 1. The Kier molecular flexibility index (Phi) is 2.51. The van der Waals surface area contributed by atoms with Gasteiger partial charge in [0.2, 0.25) is 5.88 Å². The van der Waals surface area contributed by atoms with Crippen molar-refractivity contribution in [2.45, 2.75) is 0 Å². The van der Waals surface area contributed by atoms with Crippen LogP contribution >= 0.6 is 0 Å². The second kappa shape index (κ2) is 3.98. The van der Waals surface area contributed by atoms with Crippen LogP contribution in [0, 0.1) is 0 Å². The lowest BCUT2D eigenvalue weighted by molar-refractivity contribution is 0.463. The highest BCUT2D eigenvalue weighted by atomic mass is 16.5. The molecule has 0 saturated heterocycles. The Morgan fingerprint density at radius 1 is 0.938 bits per heavy atom. The normalized spacial score (nSPS) is 10.0. The highest BCUT2D eigenvalue weighted by Crippen LogP contribution is 2.25. The number of hydrogen-bond donors (Lipinski definition) is 3. The summed E-state index contributed by atoms with van der Waals surface area (Å²) in [5.74, 6) is 1.04. The fourth-order valence-electron chi connectivity index (χ4n) is 1.19. The van der Waals surface area contributed by atoms with E-state index in [1.165, 1.54) is 6.20 Å². The van der Waals surface area contributed by atoms with Crippen LogP contribution in [0.1, 0.15) is 0 Å². The summed E-state index contributed by atoms with van der Waals surface area (Å²) in [5, 5.41) is 0. The Morgan fingerprint density at radius 3 is 2.38 bits per heavy atom. The molecule has 1 aromatic carbocycles. The Morgan fingerprint density at radius 2 is 1.75 bits per heavy atom. The summed E-state index contributed by atoms with van der Waals surface area (Å²) in [4.78, 5) is 4.01. The Balaban J connectivity index is 2.20. The zero-order valence-corrected chi connectivity index (χ0v) is 8.55. The molecule has 5 nitrogen and oxygen atoms in total. The number of anilines is 3. The molecule has 5 heteroatoms. The van der Waals surface area contributed by atoms with E-state index in [0.29, 0.717) is 28.7 Å². The van der Waals surface area contributed by atoms with Crippen LogP contribution in [0.2, 0.25) is 0 Å². The van der Waals surface area contributed by atoms with Crippen LogP contribution in [0.3, 0.4) is 0 Å². The molecule has 0 atom stereocenters. The summed E-state index contributed by atoms with van der Waals surface area (Å²) >= 11 is 0. The summed E-state index contributed by atoms with van der Waals surface area (Å²) < 4.78 is 5.47. The van der Waals surface area contributed by atoms with Gasteiger partial charge >= 0.3 is 0 Å². The van der Waals surface area contributed by atoms with Crippen LogP contribution in [0.5, 0.6) is 11.6 Å². The van der Waals surface area contributed by atoms with Gasteiger partial charge in [-0.05, 0) is 18.2 Å². The second-order valence-electron chi connectivity index (χ2n) is 3.32. The van der Waals surface area contributed by atoms with Gasteiger partial charge in [-0.3, -0.25) is 0 Å². The predicted molar refractivity (Wildman–Crippen MR) is 64.0 cm³/mol. The van der Waals surface area contributed by atoms with E-state index in [2.05, 4.69) is 4.98 Å². The third kappa shape index (κ3) is 2.14. The maximum absolute atomic E-state index is 5.65. The maximum Gasteiger partial charge on any atom is 0.219 e. The summed E-state index contributed by atoms with van der Waals surface area (Å²) in [7, 11) is 0. The molecule has 2 aromatic rings. The van der Waals surface area contributed by atoms with Crippen molar-refractivity contribution >= 4 is 17.1 Å². The van der Waals surface area contributed by atoms with E-state index in [4.69, 9.17) is 21.9 Å². The first-order chi connectivity index (χ1) is 7.65. The summed E-state index contributed by atoms with van der Waals surface area (Å²) in [6, 6.07) is 8.45. The third-order valence-electron chi connectivity index (χ3n) is 2.04. The molecule has 82 valence electrons. The van der Waals surface area contributed by atoms with Gasteiger partial charge in [-0.25, -0.2) is 4.98 Å². The van der Waals surface area contributed by atoms with Crippen LogP contribution in [-0.2, 0) is 0 Å². The van der Waals surface area contributed by atoms with E-state index in [0.717, 1.165) is 0 Å². The zero-order chi connectivity index (χ0) is 11.5. The molecule has 2 rings (SSSR count). The smallest absolute Gasteiger partial charge is 0.219 e. The van der Waals surface area contributed by atoms with Crippen molar-refractivity contribution < 1.29 is 4.74 Å². The Hall–Kier alpha value is -2.43. The maximum atomic E-state index is 5.65. The predicted octanol–water partition coefficient (Wildman–Crippen LogP) is 1.62. The Bertz CT molecular complexity index is 496. The molecule has 0 radical (unpaired) electrons. The van der Waals surface area contributed by atoms with E-state index in [1.807, 2.05) is 0 Å². The summed E-state index contributed by atoms with van der Waals surface area (Å²) in [5.41, 5.74) is 18.3. The number of pyridine rings is 1. The molecule has 0 amide bonds. The molecule has 0 fully saturated rings. The SMILES string of the molecule is Nc1ccc(Oc2ccc(N)c(N)c2)nc1. The number of nitrogens with zero attached hydrogens (tertiary/aromatic N) is 1. The van der Waals surface area contributed by atoms with Crippen molar-refractivity contribution in [3.05, 3.63) is 36.5 Å². The average Bonchev–Trinajstić information content (AvgIpc) is 2.27. The van der Waals surface area contributed by atoms with Gasteiger partial charge in [0.25, 0.3) is 0 Å². The van der Waals surface area contributed by atoms with E-state index in [-0.39, 0.29) is 0 Å². The largest absolute Gasteiger partial charge is 0.439 e. The molecule has 1 heterocycles. The Labute approximate surface area is 92.8 Å². The van der Waals surface area contributed by atoms with Gasteiger partial charge in [0.1, 0.15) is 5.75 Å². The van der Waals surface area contributed by atoms with Gasteiger partial charge in [0, 0.05) is 12.1 Å².